The fourth-order valence-corrected chi connectivity index (χ4v) is 6.50. The molecule has 11 heteroatoms. The fraction of sp³-hybridized carbons (Fsp3) is 0.469. The van der Waals surface area contributed by atoms with E-state index in [-0.39, 0.29) is 43.5 Å². The SMILES string of the molecule is O=C1CC2(CCN(C3CCOCC3)CC2)NC(=O)Cc2ccccc2CNC(=O)[C@@H](Cc2cn(-c3ccccc3)nn2)N1. The van der Waals surface area contributed by atoms with Crippen molar-refractivity contribution in [2.45, 2.75) is 69.1 Å². The molecule has 43 heavy (non-hydrogen) atoms. The highest BCUT2D eigenvalue weighted by atomic mass is 16.5. The number of fused-ring (bicyclic) bond motifs is 1. The van der Waals surface area contributed by atoms with Crippen LogP contribution in [0.3, 0.4) is 0 Å². The number of hydrogen-bond acceptors (Lipinski definition) is 7. The number of nitrogens with zero attached hydrogens (tertiary/aromatic N) is 4. The van der Waals surface area contributed by atoms with Crippen LogP contribution in [0.2, 0.25) is 0 Å². The Morgan fingerprint density at radius 2 is 1.63 bits per heavy atom. The van der Waals surface area contributed by atoms with Gasteiger partial charge in [0.25, 0.3) is 0 Å². The van der Waals surface area contributed by atoms with Crippen molar-refractivity contribution in [3.63, 3.8) is 0 Å². The molecule has 4 heterocycles. The lowest BCUT2D eigenvalue weighted by molar-refractivity contribution is -0.131. The molecular weight excluding hydrogens is 546 g/mol. The lowest BCUT2D eigenvalue weighted by Gasteiger charge is -2.45. The average Bonchev–Trinajstić information content (AvgIpc) is 3.49. The molecule has 0 saturated carbocycles. The molecule has 3 amide bonds. The molecule has 11 nitrogen and oxygen atoms in total. The number of nitrogens with one attached hydrogen (secondary N) is 3. The second-order valence-electron chi connectivity index (χ2n) is 11.9. The Morgan fingerprint density at radius 3 is 2.40 bits per heavy atom. The van der Waals surface area contributed by atoms with Gasteiger partial charge in [-0.1, -0.05) is 47.7 Å². The van der Waals surface area contributed by atoms with E-state index in [2.05, 4.69) is 31.2 Å². The number of piperidine rings is 1. The molecule has 3 aliphatic rings. The second kappa shape index (κ2) is 13.0. The third-order valence-electron chi connectivity index (χ3n) is 8.91. The zero-order valence-corrected chi connectivity index (χ0v) is 24.3. The van der Waals surface area contributed by atoms with Gasteiger partial charge in [0.1, 0.15) is 6.04 Å². The summed E-state index contributed by atoms with van der Waals surface area (Å²) >= 11 is 0. The summed E-state index contributed by atoms with van der Waals surface area (Å²) in [5.41, 5.74) is 2.47. The van der Waals surface area contributed by atoms with Crippen LogP contribution in [0.5, 0.6) is 0 Å². The first-order valence-corrected chi connectivity index (χ1v) is 15.2. The van der Waals surface area contributed by atoms with Crippen molar-refractivity contribution in [1.82, 2.24) is 35.8 Å². The highest BCUT2D eigenvalue weighted by molar-refractivity contribution is 5.89. The highest BCUT2D eigenvalue weighted by Crippen LogP contribution is 2.30. The Kier molecular flexibility index (Phi) is 8.80. The van der Waals surface area contributed by atoms with Gasteiger partial charge in [0.05, 0.1) is 29.5 Å². The minimum absolute atomic E-state index is 0.0997. The molecule has 1 spiro atoms. The summed E-state index contributed by atoms with van der Waals surface area (Å²) in [4.78, 5) is 43.0. The van der Waals surface area contributed by atoms with Gasteiger partial charge in [-0.15, -0.1) is 5.10 Å². The van der Waals surface area contributed by atoms with Gasteiger partial charge in [0.15, 0.2) is 0 Å². The molecule has 1 aromatic heterocycles. The summed E-state index contributed by atoms with van der Waals surface area (Å²) in [6.07, 6.45) is 5.57. The van der Waals surface area contributed by atoms with E-state index >= 15 is 0 Å². The van der Waals surface area contributed by atoms with Gasteiger partial charge in [0, 0.05) is 51.7 Å². The third-order valence-corrected chi connectivity index (χ3v) is 8.91. The van der Waals surface area contributed by atoms with E-state index in [1.54, 1.807) is 10.9 Å². The summed E-state index contributed by atoms with van der Waals surface area (Å²) in [6, 6.07) is 16.9. The summed E-state index contributed by atoms with van der Waals surface area (Å²) in [5, 5.41) is 17.7. The monoisotopic (exact) mass is 585 g/mol. The molecule has 6 rings (SSSR count). The lowest BCUT2D eigenvalue weighted by atomic mass is 9.82. The van der Waals surface area contributed by atoms with Crippen LogP contribution in [0.4, 0.5) is 0 Å². The Hall–Kier alpha value is -4.09. The van der Waals surface area contributed by atoms with E-state index in [0.717, 1.165) is 56.0 Å². The lowest BCUT2D eigenvalue weighted by Crippen LogP contribution is -2.59. The minimum Gasteiger partial charge on any atom is -0.381 e. The van der Waals surface area contributed by atoms with Gasteiger partial charge < -0.3 is 25.6 Å². The second-order valence-corrected chi connectivity index (χ2v) is 11.9. The number of likely N-dealkylation sites (tertiary alicyclic amines) is 1. The van der Waals surface area contributed by atoms with Crippen molar-refractivity contribution in [3.8, 4) is 5.69 Å². The van der Waals surface area contributed by atoms with Crippen LogP contribution in [0.25, 0.3) is 5.69 Å². The first kappa shape index (κ1) is 29.0. The van der Waals surface area contributed by atoms with Crippen molar-refractivity contribution in [3.05, 3.63) is 77.6 Å². The number of amides is 3. The van der Waals surface area contributed by atoms with Crippen LogP contribution >= 0.6 is 0 Å². The molecule has 2 aromatic carbocycles. The number of benzene rings is 2. The van der Waals surface area contributed by atoms with Crippen molar-refractivity contribution >= 4 is 17.7 Å². The quantitative estimate of drug-likeness (QED) is 0.425. The topological polar surface area (TPSA) is 130 Å². The van der Waals surface area contributed by atoms with Gasteiger partial charge in [-0.05, 0) is 48.9 Å². The van der Waals surface area contributed by atoms with Crippen molar-refractivity contribution in [2.75, 3.05) is 26.3 Å². The predicted octanol–water partition coefficient (Wildman–Crippen LogP) is 1.69. The summed E-state index contributed by atoms with van der Waals surface area (Å²) in [5.74, 6) is -0.689. The Balaban J connectivity index is 1.23. The Bertz CT molecular complexity index is 1430. The number of para-hydroxylation sites is 1. The fourth-order valence-electron chi connectivity index (χ4n) is 6.50. The molecule has 0 bridgehead atoms. The average molecular weight is 586 g/mol. The molecule has 0 radical (unpaired) electrons. The molecule has 3 aliphatic heterocycles. The number of carbonyl (C=O) groups excluding carboxylic acids is 3. The van der Waals surface area contributed by atoms with E-state index in [1.807, 2.05) is 54.6 Å². The molecule has 2 fully saturated rings. The van der Waals surface area contributed by atoms with Crippen molar-refractivity contribution in [2.24, 2.45) is 0 Å². The molecule has 226 valence electrons. The number of ether oxygens (including phenoxy) is 1. The zero-order chi connectivity index (χ0) is 29.6. The first-order chi connectivity index (χ1) is 21.0. The van der Waals surface area contributed by atoms with E-state index in [0.29, 0.717) is 24.6 Å². The van der Waals surface area contributed by atoms with Gasteiger partial charge >= 0.3 is 0 Å². The maximum Gasteiger partial charge on any atom is 0.243 e. The summed E-state index contributed by atoms with van der Waals surface area (Å²) in [7, 11) is 0. The van der Waals surface area contributed by atoms with E-state index in [4.69, 9.17) is 4.74 Å². The molecule has 2 saturated heterocycles. The van der Waals surface area contributed by atoms with Crippen LogP contribution < -0.4 is 16.0 Å². The van der Waals surface area contributed by atoms with Crippen LogP contribution in [0, 0.1) is 0 Å². The third kappa shape index (κ3) is 7.11. The van der Waals surface area contributed by atoms with E-state index < -0.39 is 11.6 Å². The predicted molar refractivity (Wildman–Crippen MR) is 159 cm³/mol. The molecular formula is C32H39N7O4. The molecule has 1 atom stereocenters. The Morgan fingerprint density at radius 1 is 0.907 bits per heavy atom. The zero-order valence-electron chi connectivity index (χ0n) is 24.3. The van der Waals surface area contributed by atoms with Gasteiger partial charge in [0.2, 0.25) is 17.7 Å². The number of hydrogen-bond donors (Lipinski definition) is 3. The van der Waals surface area contributed by atoms with Crippen LogP contribution in [0.15, 0.2) is 60.8 Å². The summed E-state index contributed by atoms with van der Waals surface area (Å²) < 4.78 is 7.21. The highest BCUT2D eigenvalue weighted by Gasteiger charge is 2.40. The molecule has 3 aromatic rings. The Labute approximate surface area is 251 Å². The molecule has 0 unspecified atom stereocenters. The smallest absolute Gasteiger partial charge is 0.243 e. The normalized spacial score (nSPS) is 22.3. The maximum atomic E-state index is 13.6. The standard InChI is InChI=1S/C32H39N7O4/c40-29-18-23-6-4-5-7-24(23)21-33-31(42)28(19-25-22-39(37-36-25)27-8-2-1-3-9-27)34-30(41)20-32(35-29)12-14-38(15-13-32)26-10-16-43-17-11-26/h1-9,22,26,28H,10-21H2,(H,33,42)(H,34,41)(H,35,40)/t28-/m1/s1. The molecule has 0 aliphatic carbocycles. The van der Waals surface area contributed by atoms with Crippen molar-refractivity contribution < 1.29 is 19.1 Å². The van der Waals surface area contributed by atoms with Gasteiger partial charge in [-0.2, -0.15) is 0 Å². The molecule has 3 N–H and O–H groups in total. The first-order valence-electron chi connectivity index (χ1n) is 15.2. The minimum atomic E-state index is -0.851. The maximum absolute atomic E-state index is 13.6. The van der Waals surface area contributed by atoms with E-state index in [1.165, 1.54) is 0 Å². The van der Waals surface area contributed by atoms with Crippen LogP contribution in [0.1, 0.15) is 48.9 Å². The van der Waals surface area contributed by atoms with Crippen LogP contribution in [-0.2, 0) is 38.5 Å². The van der Waals surface area contributed by atoms with Gasteiger partial charge in [-0.25, -0.2) is 4.68 Å². The number of aromatic nitrogens is 3. The number of carbonyl (C=O) groups is 3. The van der Waals surface area contributed by atoms with Crippen molar-refractivity contribution in [1.29, 1.82) is 0 Å². The summed E-state index contributed by atoms with van der Waals surface area (Å²) in [6.45, 7) is 3.38. The van der Waals surface area contributed by atoms with Gasteiger partial charge in [-0.3, -0.25) is 14.4 Å². The van der Waals surface area contributed by atoms with E-state index in [9.17, 15) is 14.4 Å². The van der Waals surface area contributed by atoms with Crippen LogP contribution in [-0.4, -0.2) is 81.5 Å². The number of rotatable bonds is 4. The largest absolute Gasteiger partial charge is 0.381 e.